The van der Waals surface area contributed by atoms with Gasteiger partial charge < -0.3 is 11.1 Å². The number of carbonyl (C=O) groups excluding carboxylic acids is 2. The maximum absolute atomic E-state index is 14.6. The van der Waals surface area contributed by atoms with Gasteiger partial charge in [-0.15, -0.1) is 0 Å². The highest BCUT2D eigenvalue weighted by molar-refractivity contribution is 6.03. The Morgan fingerprint density at radius 2 is 2.07 bits per heavy atom. The molecule has 1 aromatic heterocycles. The molecule has 0 aliphatic carbocycles. The van der Waals surface area contributed by atoms with Crippen molar-refractivity contribution in [3.63, 3.8) is 0 Å². The summed E-state index contributed by atoms with van der Waals surface area (Å²) in [6.07, 6.45) is 1.29. The molecule has 2 amide bonds. The lowest BCUT2D eigenvalue weighted by molar-refractivity contribution is -0.137. The molecule has 148 valence electrons. The minimum Gasteiger partial charge on any atom is -0.369 e. The summed E-state index contributed by atoms with van der Waals surface area (Å²) in [6, 6.07) is 7.99. The van der Waals surface area contributed by atoms with Crippen LogP contribution in [0.4, 0.5) is 10.1 Å². The topological polar surface area (TPSA) is 124 Å². The van der Waals surface area contributed by atoms with Crippen LogP contribution < -0.4 is 11.1 Å². The average molecular weight is 394 g/mol. The van der Waals surface area contributed by atoms with Crippen LogP contribution in [-0.4, -0.2) is 34.7 Å². The Kier molecular flexibility index (Phi) is 5.03. The SMILES string of the molecule is CN1C(=O)C(C)(C)C(c2cc(NC(=O)c3ccc(C#N)cn3)ccc2F)N=C1N. The summed E-state index contributed by atoms with van der Waals surface area (Å²) in [6.45, 7) is 3.33. The molecule has 3 N–H and O–H groups in total. The van der Waals surface area contributed by atoms with Crippen molar-refractivity contribution in [2.45, 2.75) is 19.9 Å². The highest BCUT2D eigenvalue weighted by atomic mass is 19.1. The Morgan fingerprint density at radius 1 is 1.34 bits per heavy atom. The van der Waals surface area contributed by atoms with Gasteiger partial charge in [0.05, 0.1) is 17.0 Å². The molecule has 0 bridgehead atoms. The minimum atomic E-state index is -1.03. The number of guanidine groups is 1. The molecule has 0 radical (unpaired) electrons. The first-order valence-corrected chi connectivity index (χ1v) is 8.73. The highest BCUT2D eigenvalue weighted by Gasteiger charge is 2.45. The van der Waals surface area contributed by atoms with Gasteiger partial charge in [0.2, 0.25) is 5.91 Å². The lowest BCUT2D eigenvalue weighted by Gasteiger charge is -2.38. The van der Waals surface area contributed by atoms with Crippen molar-refractivity contribution in [3.8, 4) is 6.07 Å². The van der Waals surface area contributed by atoms with Crippen LogP contribution in [0.1, 0.15) is 41.5 Å². The normalized spacial score (nSPS) is 18.0. The lowest BCUT2D eigenvalue weighted by Crippen LogP contribution is -2.51. The van der Waals surface area contributed by atoms with Gasteiger partial charge >= 0.3 is 0 Å². The molecule has 1 aliphatic rings. The Morgan fingerprint density at radius 3 is 2.69 bits per heavy atom. The van der Waals surface area contributed by atoms with Crippen molar-refractivity contribution in [2.75, 3.05) is 12.4 Å². The number of nitrogens with two attached hydrogens (primary N) is 1. The van der Waals surface area contributed by atoms with E-state index in [-0.39, 0.29) is 23.1 Å². The van der Waals surface area contributed by atoms with E-state index in [1.165, 1.54) is 48.5 Å². The van der Waals surface area contributed by atoms with Gasteiger partial charge in [-0.25, -0.2) is 14.4 Å². The van der Waals surface area contributed by atoms with E-state index < -0.39 is 23.2 Å². The Balaban J connectivity index is 1.93. The molecule has 29 heavy (non-hydrogen) atoms. The van der Waals surface area contributed by atoms with Crippen LogP contribution in [0.2, 0.25) is 0 Å². The van der Waals surface area contributed by atoms with Gasteiger partial charge in [0.1, 0.15) is 17.6 Å². The zero-order valence-electron chi connectivity index (χ0n) is 16.1. The number of nitrogens with one attached hydrogen (secondary N) is 1. The van der Waals surface area contributed by atoms with E-state index in [1.807, 2.05) is 6.07 Å². The van der Waals surface area contributed by atoms with Crippen LogP contribution >= 0.6 is 0 Å². The number of amides is 2. The molecule has 8 nitrogen and oxygen atoms in total. The summed E-state index contributed by atoms with van der Waals surface area (Å²) in [4.78, 5) is 34.5. The first-order valence-electron chi connectivity index (χ1n) is 8.73. The number of halogens is 1. The number of aromatic nitrogens is 1. The summed E-state index contributed by atoms with van der Waals surface area (Å²) in [5.74, 6) is -1.37. The van der Waals surface area contributed by atoms with E-state index in [4.69, 9.17) is 11.0 Å². The molecule has 1 unspecified atom stereocenters. The van der Waals surface area contributed by atoms with Crippen molar-refractivity contribution in [3.05, 3.63) is 59.2 Å². The van der Waals surface area contributed by atoms with Crippen molar-refractivity contribution in [1.82, 2.24) is 9.88 Å². The number of anilines is 1. The second-order valence-electron chi connectivity index (χ2n) is 7.21. The van der Waals surface area contributed by atoms with Crippen molar-refractivity contribution >= 4 is 23.5 Å². The second-order valence-corrected chi connectivity index (χ2v) is 7.21. The molecule has 1 atom stereocenters. The van der Waals surface area contributed by atoms with E-state index in [0.29, 0.717) is 11.3 Å². The quantitative estimate of drug-likeness (QED) is 0.826. The van der Waals surface area contributed by atoms with E-state index in [9.17, 15) is 14.0 Å². The smallest absolute Gasteiger partial charge is 0.274 e. The number of benzene rings is 1. The maximum atomic E-state index is 14.6. The molecular weight excluding hydrogens is 375 g/mol. The van der Waals surface area contributed by atoms with Gasteiger partial charge in [0.25, 0.3) is 5.91 Å². The number of nitrogens with zero attached hydrogens (tertiary/aromatic N) is 4. The van der Waals surface area contributed by atoms with Gasteiger partial charge in [-0.3, -0.25) is 14.5 Å². The summed E-state index contributed by atoms with van der Waals surface area (Å²) < 4.78 is 14.6. The third-order valence-electron chi connectivity index (χ3n) is 4.82. The predicted octanol–water partition coefficient (Wildman–Crippen LogP) is 2.20. The third-order valence-corrected chi connectivity index (χ3v) is 4.82. The predicted molar refractivity (Wildman–Crippen MR) is 104 cm³/mol. The molecule has 3 rings (SSSR count). The fourth-order valence-electron chi connectivity index (χ4n) is 3.11. The molecule has 9 heteroatoms. The minimum absolute atomic E-state index is 0.00468. The number of hydrogen-bond acceptors (Lipinski definition) is 6. The number of hydrogen-bond donors (Lipinski definition) is 2. The highest BCUT2D eigenvalue weighted by Crippen LogP contribution is 2.42. The number of rotatable bonds is 3. The molecular formula is C20H19FN6O2. The zero-order chi connectivity index (χ0) is 21.3. The Hall–Kier alpha value is -3.80. The van der Waals surface area contributed by atoms with Crippen LogP contribution in [0.15, 0.2) is 41.5 Å². The first kappa shape index (κ1) is 19.9. The summed E-state index contributed by atoms with van der Waals surface area (Å²) in [5.41, 5.74) is 5.68. The standard InChI is InChI=1S/C20H19FN6O2/c1-20(2)16(26-19(23)27(3)18(20)29)13-8-12(5-6-14(13)21)25-17(28)15-7-4-11(9-22)10-24-15/h4-8,10,16H,1-3H3,(H2,23,26)(H,25,28). The first-order chi connectivity index (χ1) is 13.6. The molecule has 0 fully saturated rings. The number of carbonyl (C=O) groups is 2. The van der Waals surface area contributed by atoms with Crippen LogP contribution in [0.25, 0.3) is 0 Å². The third kappa shape index (κ3) is 3.65. The van der Waals surface area contributed by atoms with Crippen molar-refractivity contribution in [1.29, 1.82) is 5.26 Å². The number of aliphatic imine (C=N–C) groups is 1. The Labute approximate surface area is 166 Å². The molecule has 0 saturated heterocycles. The molecule has 0 spiro atoms. The largest absolute Gasteiger partial charge is 0.369 e. The molecule has 2 aromatic rings. The van der Waals surface area contributed by atoms with Gasteiger partial charge in [-0.05, 0) is 44.2 Å². The van der Waals surface area contributed by atoms with Crippen LogP contribution in [-0.2, 0) is 4.79 Å². The molecule has 2 heterocycles. The Bertz CT molecular complexity index is 1060. The van der Waals surface area contributed by atoms with E-state index >= 15 is 0 Å². The van der Waals surface area contributed by atoms with Crippen LogP contribution in [0.3, 0.4) is 0 Å². The maximum Gasteiger partial charge on any atom is 0.274 e. The van der Waals surface area contributed by atoms with E-state index in [2.05, 4.69) is 15.3 Å². The summed E-state index contributed by atoms with van der Waals surface area (Å²) in [7, 11) is 1.51. The zero-order valence-corrected chi connectivity index (χ0v) is 16.1. The summed E-state index contributed by atoms with van der Waals surface area (Å²) in [5, 5.41) is 11.4. The van der Waals surface area contributed by atoms with Crippen LogP contribution in [0, 0.1) is 22.6 Å². The van der Waals surface area contributed by atoms with Crippen LogP contribution in [0.5, 0.6) is 0 Å². The van der Waals surface area contributed by atoms with E-state index in [1.54, 1.807) is 13.8 Å². The van der Waals surface area contributed by atoms with Gasteiger partial charge in [0.15, 0.2) is 5.96 Å². The monoisotopic (exact) mass is 394 g/mol. The lowest BCUT2D eigenvalue weighted by atomic mass is 9.78. The summed E-state index contributed by atoms with van der Waals surface area (Å²) >= 11 is 0. The second kappa shape index (κ2) is 7.31. The fourth-order valence-corrected chi connectivity index (χ4v) is 3.11. The molecule has 0 saturated carbocycles. The van der Waals surface area contributed by atoms with Crippen molar-refractivity contribution < 1.29 is 14.0 Å². The number of pyridine rings is 1. The van der Waals surface area contributed by atoms with Gasteiger partial charge in [-0.1, -0.05) is 0 Å². The molecule has 1 aliphatic heterocycles. The average Bonchev–Trinajstić information content (AvgIpc) is 2.71. The van der Waals surface area contributed by atoms with Crippen molar-refractivity contribution in [2.24, 2.45) is 16.1 Å². The van der Waals surface area contributed by atoms with Gasteiger partial charge in [-0.2, -0.15) is 5.26 Å². The molecule has 1 aromatic carbocycles. The van der Waals surface area contributed by atoms with E-state index in [0.717, 1.165) is 0 Å². The van der Waals surface area contributed by atoms with Gasteiger partial charge in [0, 0.05) is 24.5 Å². The number of nitriles is 1. The fraction of sp³-hybridized carbons (Fsp3) is 0.250.